The van der Waals surface area contributed by atoms with Crippen molar-refractivity contribution in [3.05, 3.63) is 34.1 Å². The molecule has 0 atom stereocenters. The molecule has 0 N–H and O–H groups in total. The van der Waals surface area contributed by atoms with Crippen LogP contribution in [0.2, 0.25) is 5.02 Å². The Kier molecular flexibility index (Phi) is 4.36. The summed E-state index contributed by atoms with van der Waals surface area (Å²) in [7, 11) is 0. The van der Waals surface area contributed by atoms with Crippen molar-refractivity contribution in [1.29, 1.82) is 0 Å². The van der Waals surface area contributed by atoms with E-state index < -0.39 is 22.6 Å². The van der Waals surface area contributed by atoms with Gasteiger partial charge in [-0.3, -0.25) is 4.90 Å². The van der Waals surface area contributed by atoms with Gasteiger partial charge < -0.3 is 0 Å². The normalized spacial score (nSPS) is 17.7. The van der Waals surface area contributed by atoms with Crippen LogP contribution in [0.3, 0.4) is 0 Å². The van der Waals surface area contributed by atoms with Crippen LogP contribution in [0.25, 0.3) is 0 Å². The van der Waals surface area contributed by atoms with Crippen molar-refractivity contribution in [2.45, 2.75) is 32.0 Å². The van der Waals surface area contributed by atoms with Gasteiger partial charge >= 0.3 is 6.18 Å². The summed E-state index contributed by atoms with van der Waals surface area (Å²) in [6, 6.07) is 1.49. The number of nitrogens with zero attached hydrogens (tertiary/aromatic N) is 1. The van der Waals surface area contributed by atoms with Crippen molar-refractivity contribution in [2.75, 3.05) is 13.1 Å². The molecule has 2 rings (SSSR count). The molecular formula is C13H14ClF4N. The van der Waals surface area contributed by atoms with E-state index in [1.54, 1.807) is 0 Å². The van der Waals surface area contributed by atoms with E-state index in [0.717, 1.165) is 38.4 Å². The van der Waals surface area contributed by atoms with Gasteiger partial charge in [0.05, 0.1) is 10.6 Å². The Morgan fingerprint density at radius 3 is 2.32 bits per heavy atom. The van der Waals surface area contributed by atoms with Crippen LogP contribution in [0.5, 0.6) is 0 Å². The first-order valence-electron chi connectivity index (χ1n) is 6.15. The number of hydrogen-bond acceptors (Lipinski definition) is 1. The van der Waals surface area contributed by atoms with Gasteiger partial charge in [0.1, 0.15) is 5.82 Å². The van der Waals surface area contributed by atoms with Crippen LogP contribution in [0.4, 0.5) is 17.6 Å². The molecule has 0 aliphatic carbocycles. The molecule has 1 saturated heterocycles. The lowest BCUT2D eigenvalue weighted by molar-refractivity contribution is -0.137. The highest BCUT2D eigenvalue weighted by molar-refractivity contribution is 6.30. The van der Waals surface area contributed by atoms with Gasteiger partial charge in [-0.05, 0) is 38.1 Å². The Morgan fingerprint density at radius 2 is 1.74 bits per heavy atom. The first kappa shape index (κ1) is 14.6. The summed E-state index contributed by atoms with van der Waals surface area (Å²) in [5, 5.41) is -0.471. The summed E-state index contributed by atoms with van der Waals surface area (Å²) in [6.45, 7) is 1.75. The lowest BCUT2D eigenvalue weighted by Gasteiger charge is -2.27. The second kappa shape index (κ2) is 5.67. The maximum atomic E-state index is 13.8. The zero-order valence-corrected chi connectivity index (χ0v) is 11.0. The molecule has 19 heavy (non-hydrogen) atoms. The zero-order valence-electron chi connectivity index (χ0n) is 10.2. The van der Waals surface area contributed by atoms with Gasteiger partial charge in [0.2, 0.25) is 0 Å². The maximum Gasteiger partial charge on any atom is 0.416 e. The Balaban J connectivity index is 2.25. The molecule has 0 bridgehead atoms. The van der Waals surface area contributed by atoms with E-state index >= 15 is 0 Å². The van der Waals surface area contributed by atoms with Crippen molar-refractivity contribution in [3.8, 4) is 0 Å². The fraction of sp³-hybridized carbons (Fsp3) is 0.538. The van der Waals surface area contributed by atoms with Gasteiger partial charge in [0, 0.05) is 12.1 Å². The van der Waals surface area contributed by atoms with Crippen molar-refractivity contribution >= 4 is 11.6 Å². The zero-order chi connectivity index (χ0) is 14.0. The summed E-state index contributed by atoms with van der Waals surface area (Å²) in [6.07, 6.45) is -1.40. The van der Waals surface area contributed by atoms with E-state index in [0.29, 0.717) is 6.07 Å². The van der Waals surface area contributed by atoms with E-state index in [2.05, 4.69) is 0 Å². The van der Waals surface area contributed by atoms with Gasteiger partial charge in [0.25, 0.3) is 0 Å². The number of likely N-dealkylation sites (tertiary alicyclic amines) is 1. The summed E-state index contributed by atoms with van der Waals surface area (Å²) in [4.78, 5) is 1.96. The average molecular weight is 296 g/mol. The first-order valence-corrected chi connectivity index (χ1v) is 6.53. The van der Waals surface area contributed by atoms with Crippen LogP contribution in [0, 0.1) is 5.82 Å². The SMILES string of the molecule is Fc1c(Cl)cc(C(F)(F)F)cc1CN1CCCCC1. The highest BCUT2D eigenvalue weighted by Gasteiger charge is 2.32. The van der Waals surface area contributed by atoms with Gasteiger partial charge in [-0.15, -0.1) is 0 Å². The monoisotopic (exact) mass is 295 g/mol. The van der Waals surface area contributed by atoms with Crippen molar-refractivity contribution in [2.24, 2.45) is 0 Å². The summed E-state index contributed by atoms with van der Waals surface area (Å²) >= 11 is 5.55. The molecule has 0 radical (unpaired) electrons. The van der Waals surface area contributed by atoms with Gasteiger partial charge in [0.15, 0.2) is 0 Å². The minimum Gasteiger partial charge on any atom is -0.299 e. The Bertz CT molecular complexity index is 453. The highest BCUT2D eigenvalue weighted by Crippen LogP contribution is 2.34. The molecule has 0 unspecified atom stereocenters. The van der Waals surface area contributed by atoms with Crippen molar-refractivity contribution < 1.29 is 17.6 Å². The van der Waals surface area contributed by atoms with Gasteiger partial charge in [-0.2, -0.15) is 13.2 Å². The Morgan fingerprint density at radius 1 is 1.11 bits per heavy atom. The number of rotatable bonds is 2. The topological polar surface area (TPSA) is 3.24 Å². The van der Waals surface area contributed by atoms with Crippen LogP contribution >= 0.6 is 11.6 Å². The standard InChI is InChI=1S/C13H14ClF4N/c14-11-7-10(13(16,17)18)6-9(12(11)15)8-19-4-2-1-3-5-19/h6-7H,1-5,8H2. The number of benzene rings is 1. The second-order valence-electron chi connectivity index (χ2n) is 4.77. The van der Waals surface area contributed by atoms with Crippen LogP contribution in [-0.4, -0.2) is 18.0 Å². The molecule has 1 heterocycles. The molecule has 1 fully saturated rings. The van der Waals surface area contributed by atoms with Crippen molar-refractivity contribution in [1.82, 2.24) is 4.90 Å². The van der Waals surface area contributed by atoms with E-state index in [-0.39, 0.29) is 12.1 Å². The number of halogens is 5. The highest BCUT2D eigenvalue weighted by atomic mass is 35.5. The lowest BCUT2D eigenvalue weighted by atomic mass is 10.1. The molecule has 1 aliphatic rings. The van der Waals surface area contributed by atoms with E-state index in [9.17, 15) is 17.6 Å². The second-order valence-corrected chi connectivity index (χ2v) is 5.17. The van der Waals surface area contributed by atoms with E-state index in [1.165, 1.54) is 0 Å². The quantitative estimate of drug-likeness (QED) is 0.727. The Labute approximate surface area is 114 Å². The Hall–Kier alpha value is -0.810. The van der Waals surface area contributed by atoms with Crippen LogP contribution in [-0.2, 0) is 12.7 Å². The van der Waals surface area contributed by atoms with Crippen LogP contribution < -0.4 is 0 Å². The molecule has 0 aromatic heterocycles. The predicted molar refractivity (Wildman–Crippen MR) is 65.5 cm³/mol. The summed E-state index contributed by atoms with van der Waals surface area (Å²) < 4.78 is 51.8. The molecule has 1 aliphatic heterocycles. The van der Waals surface area contributed by atoms with E-state index in [4.69, 9.17) is 11.6 Å². The van der Waals surface area contributed by atoms with Crippen LogP contribution in [0.1, 0.15) is 30.4 Å². The lowest BCUT2D eigenvalue weighted by Crippen LogP contribution is -2.29. The molecule has 1 aromatic rings. The molecule has 0 spiro atoms. The smallest absolute Gasteiger partial charge is 0.299 e. The molecule has 6 heteroatoms. The molecule has 0 saturated carbocycles. The molecule has 106 valence electrons. The third-order valence-corrected chi connectivity index (χ3v) is 3.55. The predicted octanol–water partition coefficient (Wildman–Crippen LogP) is 4.48. The number of hydrogen-bond donors (Lipinski definition) is 0. The first-order chi connectivity index (χ1) is 8.88. The molecule has 1 aromatic carbocycles. The van der Waals surface area contributed by atoms with Crippen LogP contribution in [0.15, 0.2) is 12.1 Å². The fourth-order valence-electron chi connectivity index (χ4n) is 2.28. The number of alkyl halides is 3. The summed E-state index contributed by atoms with van der Waals surface area (Å²) in [5.74, 6) is -0.750. The van der Waals surface area contributed by atoms with Crippen molar-refractivity contribution in [3.63, 3.8) is 0 Å². The van der Waals surface area contributed by atoms with Gasteiger partial charge in [-0.1, -0.05) is 18.0 Å². The fourth-order valence-corrected chi connectivity index (χ4v) is 2.52. The average Bonchev–Trinajstić information content (AvgIpc) is 2.34. The molecular weight excluding hydrogens is 282 g/mol. The third kappa shape index (κ3) is 3.60. The number of piperidine rings is 1. The minimum atomic E-state index is -4.51. The minimum absolute atomic E-state index is 0.0155. The van der Waals surface area contributed by atoms with E-state index in [1.807, 2.05) is 4.90 Å². The summed E-state index contributed by atoms with van der Waals surface area (Å²) in [5.41, 5.74) is -0.882. The molecule has 0 amide bonds. The maximum absolute atomic E-state index is 13.8. The molecule has 1 nitrogen and oxygen atoms in total. The largest absolute Gasteiger partial charge is 0.416 e. The third-order valence-electron chi connectivity index (χ3n) is 3.27. The van der Waals surface area contributed by atoms with Gasteiger partial charge in [-0.25, -0.2) is 4.39 Å².